The molecule has 9 heavy (non-hydrogen) atoms. The fourth-order valence-corrected chi connectivity index (χ4v) is 0.369. The molecule has 0 aromatic heterocycles. The molecule has 0 aliphatic carbocycles. The quantitative estimate of drug-likeness (QED) is 0.538. The lowest BCUT2D eigenvalue weighted by Crippen LogP contribution is -2.20. The maximum absolute atomic E-state index is 11.6. The van der Waals surface area contributed by atoms with Crippen molar-refractivity contribution in [2.75, 3.05) is 6.67 Å². The Kier molecular flexibility index (Phi) is 4.26. The Bertz CT molecular complexity index is 91.1. The molecule has 0 aromatic carbocycles. The van der Waals surface area contributed by atoms with Gasteiger partial charge >= 0.3 is 0 Å². The summed E-state index contributed by atoms with van der Waals surface area (Å²) in [7, 11) is 0. The fourth-order valence-electron chi connectivity index (χ4n) is 0.369. The van der Waals surface area contributed by atoms with Crippen LogP contribution >= 0.6 is 0 Å². The summed E-state index contributed by atoms with van der Waals surface area (Å²) < 4.78 is 11.6. The highest BCUT2D eigenvalue weighted by Crippen LogP contribution is 1.85. The maximum Gasteiger partial charge on any atom is 0.108 e. The van der Waals surface area contributed by atoms with E-state index in [1.165, 1.54) is 0 Å². The van der Waals surface area contributed by atoms with Crippen LogP contribution in [-0.2, 0) is 0 Å². The first-order valence-corrected chi connectivity index (χ1v) is 2.92. The van der Waals surface area contributed by atoms with Gasteiger partial charge in [-0.15, -0.1) is 0 Å². The number of hydrogen-bond acceptors (Lipinski definition) is 2. The van der Waals surface area contributed by atoms with Gasteiger partial charge in [0.15, 0.2) is 0 Å². The highest BCUT2D eigenvalue weighted by atomic mass is 19.1. The van der Waals surface area contributed by atoms with Crippen LogP contribution in [0.15, 0.2) is 12.2 Å². The minimum atomic E-state index is -0.525. The third kappa shape index (κ3) is 5.46. The summed E-state index contributed by atoms with van der Waals surface area (Å²) in [6, 6.07) is -0.529. The summed E-state index contributed by atoms with van der Waals surface area (Å²) in [6.07, 6.45) is 3.26. The Morgan fingerprint density at radius 1 is 1.44 bits per heavy atom. The van der Waals surface area contributed by atoms with Crippen molar-refractivity contribution in [2.24, 2.45) is 11.5 Å². The highest BCUT2D eigenvalue weighted by Gasteiger charge is 1.93. The van der Waals surface area contributed by atoms with E-state index >= 15 is 0 Å². The van der Waals surface area contributed by atoms with Gasteiger partial charge in [0.1, 0.15) is 6.67 Å². The van der Waals surface area contributed by atoms with Crippen LogP contribution in [0.4, 0.5) is 4.39 Å². The van der Waals surface area contributed by atoms with Gasteiger partial charge in [0.2, 0.25) is 0 Å². The standard InChI is InChI=1S/C6H13FN2/c1-5(8)2-3-6(9)4-7/h2-3,5-6H,4,8-9H2,1H3/b3-2+. The van der Waals surface area contributed by atoms with Gasteiger partial charge in [-0.25, -0.2) is 4.39 Å². The Hall–Kier alpha value is -0.410. The minimum Gasteiger partial charge on any atom is -0.325 e. The molecule has 0 spiro atoms. The van der Waals surface area contributed by atoms with Crippen LogP contribution in [0, 0.1) is 0 Å². The Labute approximate surface area is 54.7 Å². The summed E-state index contributed by atoms with van der Waals surface area (Å²) in [4.78, 5) is 0. The molecule has 0 amide bonds. The largest absolute Gasteiger partial charge is 0.325 e. The summed E-state index contributed by atoms with van der Waals surface area (Å²) >= 11 is 0. The van der Waals surface area contributed by atoms with Crippen molar-refractivity contribution in [2.45, 2.75) is 19.0 Å². The predicted octanol–water partition coefficient (Wildman–Crippen LogP) is 0.187. The summed E-state index contributed by atoms with van der Waals surface area (Å²) in [5.41, 5.74) is 10.5. The Morgan fingerprint density at radius 2 is 2.00 bits per heavy atom. The van der Waals surface area contributed by atoms with Crippen molar-refractivity contribution in [3.63, 3.8) is 0 Å². The molecule has 0 saturated carbocycles. The predicted molar refractivity (Wildman–Crippen MR) is 36.7 cm³/mol. The third-order valence-corrected chi connectivity index (χ3v) is 0.840. The van der Waals surface area contributed by atoms with Crippen LogP contribution in [0.25, 0.3) is 0 Å². The van der Waals surface area contributed by atoms with Gasteiger partial charge < -0.3 is 11.5 Å². The van der Waals surface area contributed by atoms with Crippen LogP contribution in [0.3, 0.4) is 0 Å². The Morgan fingerprint density at radius 3 is 2.33 bits per heavy atom. The first-order chi connectivity index (χ1) is 4.16. The smallest absolute Gasteiger partial charge is 0.108 e. The average Bonchev–Trinajstić information content (AvgIpc) is 1.83. The average molecular weight is 132 g/mol. The van der Waals surface area contributed by atoms with Crippen molar-refractivity contribution in [3.8, 4) is 0 Å². The van der Waals surface area contributed by atoms with E-state index in [0.29, 0.717) is 0 Å². The van der Waals surface area contributed by atoms with Crippen LogP contribution in [-0.4, -0.2) is 18.8 Å². The van der Waals surface area contributed by atoms with Crippen LogP contribution in [0.1, 0.15) is 6.92 Å². The molecule has 0 rings (SSSR count). The van der Waals surface area contributed by atoms with Gasteiger partial charge in [0.25, 0.3) is 0 Å². The van der Waals surface area contributed by atoms with Crippen molar-refractivity contribution in [1.29, 1.82) is 0 Å². The molecule has 2 atom stereocenters. The van der Waals surface area contributed by atoms with E-state index in [-0.39, 0.29) is 6.04 Å². The molecule has 0 saturated heterocycles. The van der Waals surface area contributed by atoms with Crippen LogP contribution in [0.5, 0.6) is 0 Å². The fraction of sp³-hybridized carbons (Fsp3) is 0.667. The number of hydrogen-bond donors (Lipinski definition) is 2. The second-order valence-electron chi connectivity index (χ2n) is 2.06. The molecule has 2 nitrogen and oxygen atoms in total. The van der Waals surface area contributed by atoms with Gasteiger partial charge in [-0.05, 0) is 6.92 Å². The van der Waals surface area contributed by atoms with Crippen molar-refractivity contribution in [1.82, 2.24) is 0 Å². The van der Waals surface area contributed by atoms with E-state index in [0.717, 1.165) is 0 Å². The summed E-state index contributed by atoms with van der Waals surface area (Å²) in [5, 5.41) is 0. The molecule has 0 bridgehead atoms. The van der Waals surface area contributed by atoms with Gasteiger partial charge in [0.05, 0.1) is 6.04 Å². The van der Waals surface area contributed by atoms with Crippen LogP contribution < -0.4 is 11.5 Å². The number of alkyl halides is 1. The van der Waals surface area contributed by atoms with Gasteiger partial charge in [-0.1, -0.05) is 12.2 Å². The van der Waals surface area contributed by atoms with E-state index in [1.807, 2.05) is 0 Å². The molecule has 2 unspecified atom stereocenters. The van der Waals surface area contributed by atoms with Crippen molar-refractivity contribution in [3.05, 3.63) is 12.2 Å². The molecule has 3 heteroatoms. The topological polar surface area (TPSA) is 52.0 Å². The van der Waals surface area contributed by atoms with Crippen molar-refractivity contribution >= 4 is 0 Å². The lowest BCUT2D eigenvalue weighted by Gasteiger charge is -1.99. The molecule has 0 aliphatic rings. The van der Waals surface area contributed by atoms with Crippen molar-refractivity contribution < 1.29 is 4.39 Å². The third-order valence-electron chi connectivity index (χ3n) is 0.840. The summed E-state index contributed by atoms with van der Waals surface area (Å²) in [6.45, 7) is 1.28. The zero-order chi connectivity index (χ0) is 7.28. The van der Waals surface area contributed by atoms with Gasteiger partial charge in [-0.2, -0.15) is 0 Å². The first kappa shape index (κ1) is 8.59. The molecule has 0 aromatic rings. The second kappa shape index (κ2) is 4.47. The van der Waals surface area contributed by atoms with E-state index in [2.05, 4.69) is 0 Å². The molecule has 0 heterocycles. The van der Waals surface area contributed by atoms with E-state index in [4.69, 9.17) is 11.5 Å². The van der Waals surface area contributed by atoms with E-state index in [1.54, 1.807) is 19.1 Å². The number of rotatable bonds is 3. The molecule has 54 valence electrons. The van der Waals surface area contributed by atoms with E-state index in [9.17, 15) is 4.39 Å². The maximum atomic E-state index is 11.6. The van der Waals surface area contributed by atoms with Crippen LogP contribution in [0.2, 0.25) is 0 Å². The summed E-state index contributed by atoms with van der Waals surface area (Å²) in [5.74, 6) is 0. The van der Waals surface area contributed by atoms with Gasteiger partial charge in [0, 0.05) is 6.04 Å². The second-order valence-corrected chi connectivity index (χ2v) is 2.06. The van der Waals surface area contributed by atoms with Gasteiger partial charge in [-0.3, -0.25) is 0 Å². The molecule has 0 fully saturated rings. The first-order valence-electron chi connectivity index (χ1n) is 2.92. The lowest BCUT2D eigenvalue weighted by molar-refractivity contribution is 0.464. The SMILES string of the molecule is CC(N)/C=C/C(N)CF. The molecule has 0 radical (unpaired) electrons. The molecular formula is C6H13FN2. The number of halogens is 1. The molecular weight excluding hydrogens is 119 g/mol. The zero-order valence-electron chi connectivity index (χ0n) is 5.55. The normalized spacial score (nSPS) is 18.2. The minimum absolute atomic E-state index is 0.0393. The zero-order valence-corrected chi connectivity index (χ0v) is 5.55. The molecule has 0 aliphatic heterocycles. The highest BCUT2D eigenvalue weighted by molar-refractivity contribution is 4.95. The molecule has 4 N–H and O–H groups in total. The Balaban J connectivity index is 3.43. The lowest BCUT2D eigenvalue weighted by atomic mass is 10.2. The number of nitrogens with two attached hydrogens (primary N) is 2. The monoisotopic (exact) mass is 132 g/mol. The van der Waals surface area contributed by atoms with E-state index < -0.39 is 12.7 Å².